The van der Waals surface area contributed by atoms with Gasteiger partial charge in [0.1, 0.15) is 11.6 Å². The van der Waals surface area contributed by atoms with E-state index in [0.717, 1.165) is 59.5 Å². The Morgan fingerprint density at radius 2 is 1.86 bits per heavy atom. The molecular weight excluding hydrogens is 364 g/mol. The van der Waals surface area contributed by atoms with Gasteiger partial charge in [-0.15, -0.1) is 0 Å². The predicted molar refractivity (Wildman–Crippen MR) is 115 cm³/mol. The minimum Gasteiger partial charge on any atom is -0.497 e. The molecule has 1 aliphatic heterocycles. The molecule has 1 fully saturated rings. The molecule has 29 heavy (non-hydrogen) atoms. The summed E-state index contributed by atoms with van der Waals surface area (Å²) in [5.74, 6) is 1.76. The highest BCUT2D eigenvalue weighted by Gasteiger charge is 2.26. The van der Waals surface area contributed by atoms with Gasteiger partial charge in [0, 0.05) is 18.5 Å². The van der Waals surface area contributed by atoms with E-state index in [2.05, 4.69) is 41.3 Å². The minimum absolute atomic E-state index is 0.0112. The molecule has 5 nitrogen and oxygen atoms in total. The number of ether oxygens (including phenoxy) is 2. The monoisotopic (exact) mass is 390 g/mol. The number of piperidine rings is 1. The van der Waals surface area contributed by atoms with E-state index in [9.17, 15) is 4.79 Å². The lowest BCUT2D eigenvalue weighted by Gasteiger charge is -2.31. The molecule has 0 N–H and O–H groups in total. The zero-order valence-electron chi connectivity index (χ0n) is 16.9. The second-order valence-corrected chi connectivity index (χ2v) is 7.32. The number of carbonyl (C=O) groups is 1. The number of anilines is 1. The van der Waals surface area contributed by atoms with Crippen LogP contribution in [-0.4, -0.2) is 37.8 Å². The summed E-state index contributed by atoms with van der Waals surface area (Å²) in [5.41, 5.74) is 3.24. The fourth-order valence-corrected chi connectivity index (χ4v) is 3.88. The van der Waals surface area contributed by atoms with Crippen LogP contribution in [0.25, 0.3) is 22.0 Å². The summed E-state index contributed by atoms with van der Waals surface area (Å²) < 4.78 is 10.5. The number of esters is 1. The average molecular weight is 390 g/mol. The fraction of sp³-hybridized carbons (Fsp3) is 0.333. The van der Waals surface area contributed by atoms with Crippen LogP contribution in [0.15, 0.2) is 54.6 Å². The number of aromatic nitrogens is 1. The van der Waals surface area contributed by atoms with Crippen molar-refractivity contribution in [3.05, 3.63) is 54.6 Å². The van der Waals surface area contributed by atoms with Crippen LogP contribution in [0.1, 0.15) is 19.8 Å². The summed E-state index contributed by atoms with van der Waals surface area (Å²) in [7, 11) is 1.68. The Morgan fingerprint density at radius 3 is 2.62 bits per heavy atom. The molecule has 1 saturated heterocycles. The van der Waals surface area contributed by atoms with Crippen LogP contribution in [0.5, 0.6) is 5.75 Å². The van der Waals surface area contributed by atoms with Gasteiger partial charge in [-0.1, -0.05) is 18.2 Å². The van der Waals surface area contributed by atoms with Crippen LogP contribution < -0.4 is 9.64 Å². The highest BCUT2D eigenvalue weighted by Crippen LogP contribution is 2.29. The van der Waals surface area contributed by atoms with Crippen LogP contribution in [-0.2, 0) is 9.53 Å². The summed E-state index contributed by atoms with van der Waals surface area (Å²) >= 11 is 0. The normalized spacial score (nSPS) is 14.8. The zero-order valence-corrected chi connectivity index (χ0v) is 16.9. The molecule has 0 saturated carbocycles. The highest BCUT2D eigenvalue weighted by atomic mass is 16.5. The van der Waals surface area contributed by atoms with Gasteiger partial charge in [-0.2, -0.15) is 0 Å². The van der Waals surface area contributed by atoms with Crippen LogP contribution >= 0.6 is 0 Å². The predicted octanol–water partition coefficient (Wildman–Crippen LogP) is 4.69. The summed E-state index contributed by atoms with van der Waals surface area (Å²) in [4.78, 5) is 19.1. The smallest absolute Gasteiger partial charge is 0.309 e. The maximum Gasteiger partial charge on any atom is 0.309 e. The second kappa shape index (κ2) is 8.52. The van der Waals surface area contributed by atoms with Gasteiger partial charge in [-0.3, -0.25) is 4.79 Å². The quantitative estimate of drug-likeness (QED) is 0.592. The van der Waals surface area contributed by atoms with Crippen LogP contribution in [0.4, 0.5) is 5.82 Å². The van der Waals surface area contributed by atoms with E-state index in [4.69, 9.17) is 14.5 Å². The van der Waals surface area contributed by atoms with Gasteiger partial charge in [-0.05, 0) is 67.3 Å². The molecule has 0 atom stereocenters. The molecule has 0 aliphatic carbocycles. The number of hydrogen-bond donors (Lipinski definition) is 0. The van der Waals surface area contributed by atoms with E-state index in [1.165, 1.54) is 0 Å². The Kier molecular flexibility index (Phi) is 5.65. The Bertz CT molecular complexity index is 1010. The summed E-state index contributed by atoms with van der Waals surface area (Å²) in [5, 5.41) is 1.11. The van der Waals surface area contributed by atoms with Gasteiger partial charge in [0.2, 0.25) is 0 Å². The third-order valence-corrected chi connectivity index (χ3v) is 5.52. The van der Waals surface area contributed by atoms with Gasteiger partial charge in [0.05, 0.1) is 25.2 Å². The molecular formula is C24H26N2O3. The van der Waals surface area contributed by atoms with E-state index in [1.807, 2.05) is 25.1 Å². The summed E-state index contributed by atoms with van der Waals surface area (Å²) in [6.07, 6.45) is 1.63. The first-order valence-corrected chi connectivity index (χ1v) is 10.1. The number of pyridine rings is 1. The molecule has 0 radical (unpaired) electrons. The number of benzene rings is 2. The third kappa shape index (κ3) is 4.19. The molecule has 4 rings (SSSR count). The molecule has 5 heteroatoms. The maximum absolute atomic E-state index is 11.9. The molecule has 2 aromatic carbocycles. The summed E-state index contributed by atoms with van der Waals surface area (Å²) in [6, 6.07) is 18.6. The van der Waals surface area contributed by atoms with Crippen molar-refractivity contribution in [2.75, 3.05) is 31.7 Å². The van der Waals surface area contributed by atoms with Gasteiger partial charge >= 0.3 is 5.97 Å². The molecule has 3 aromatic rings. The molecule has 0 unspecified atom stereocenters. The van der Waals surface area contributed by atoms with Gasteiger partial charge in [0.15, 0.2) is 0 Å². The van der Waals surface area contributed by atoms with E-state index < -0.39 is 0 Å². The van der Waals surface area contributed by atoms with Crippen LogP contribution in [0.2, 0.25) is 0 Å². The van der Waals surface area contributed by atoms with Crippen molar-refractivity contribution in [3.63, 3.8) is 0 Å². The Hall–Kier alpha value is -3.08. The largest absolute Gasteiger partial charge is 0.497 e. The van der Waals surface area contributed by atoms with Gasteiger partial charge < -0.3 is 14.4 Å². The molecule has 1 aliphatic rings. The van der Waals surface area contributed by atoms with Crippen molar-refractivity contribution in [3.8, 4) is 16.9 Å². The number of hydrogen-bond acceptors (Lipinski definition) is 5. The van der Waals surface area contributed by atoms with Crippen molar-refractivity contribution in [2.45, 2.75) is 19.8 Å². The van der Waals surface area contributed by atoms with Crippen molar-refractivity contribution in [1.29, 1.82) is 0 Å². The van der Waals surface area contributed by atoms with Crippen molar-refractivity contribution in [1.82, 2.24) is 4.98 Å². The third-order valence-electron chi connectivity index (χ3n) is 5.52. The highest BCUT2D eigenvalue weighted by molar-refractivity contribution is 5.86. The summed E-state index contributed by atoms with van der Waals surface area (Å²) in [6.45, 7) is 3.95. The first-order chi connectivity index (χ1) is 14.2. The second-order valence-electron chi connectivity index (χ2n) is 7.32. The van der Waals surface area contributed by atoms with Gasteiger partial charge in [-0.25, -0.2) is 4.98 Å². The van der Waals surface area contributed by atoms with E-state index in [0.29, 0.717) is 6.61 Å². The maximum atomic E-state index is 11.9. The number of methoxy groups -OCH3 is 1. The first-order valence-electron chi connectivity index (χ1n) is 10.1. The lowest BCUT2D eigenvalue weighted by atomic mass is 9.97. The lowest BCUT2D eigenvalue weighted by Crippen LogP contribution is -2.37. The van der Waals surface area contributed by atoms with E-state index >= 15 is 0 Å². The van der Waals surface area contributed by atoms with Crippen LogP contribution in [0, 0.1) is 5.92 Å². The molecule has 0 amide bonds. The molecule has 2 heterocycles. The van der Waals surface area contributed by atoms with Crippen LogP contribution in [0.3, 0.4) is 0 Å². The lowest BCUT2D eigenvalue weighted by molar-refractivity contribution is -0.148. The minimum atomic E-state index is -0.0660. The van der Waals surface area contributed by atoms with Gasteiger partial charge in [0.25, 0.3) is 0 Å². The standard InChI is InChI=1S/C24H26N2O3/c1-3-29-24(27)17-11-13-26(14-12-17)23-10-8-20-15-19(7-9-22(20)25-23)18-5-4-6-21(16-18)28-2/h4-10,15-17H,3,11-14H2,1-2H3. The number of carbonyl (C=O) groups excluding carboxylic acids is 1. The zero-order chi connectivity index (χ0) is 20.2. The molecule has 0 spiro atoms. The number of nitrogens with zero attached hydrogens (tertiary/aromatic N) is 2. The fourth-order valence-electron chi connectivity index (χ4n) is 3.88. The Labute approximate surface area is 171 Å². The average Bonchev–Trinajstić information content (AvgIpc) is 2.78. The molecule has 1 aromatic heterocycles. The Balaban J connectivity index is 1.51. The van der Waals surface area contributed by atoms with Crippen molar-refractivity contribution < 1.29 is 14.3 Å². The van der Waals surface area contributed by atoms with Crippen molar-refractivity contribution in [2.24, 2.45) is 5.92 Å². The van der Waals surface area contributed by atoms with E-state index in [-0.39, 0.29) is 11.9 Å². The SMILES string of the molecule is CCOC(=O)C1CCN(c2ccc3cc(-c4cccc(OC)c4)ccc3n2)CC1. The topological polar surface area (TPSA) is 51.7 Å². The molecule has 0 bridgehead atoms. The number of rotatable bonds is 5. The van der Waals surface area contributed by atoms with Crippen molar-refractivity contribution >= 4 is 22.7 Å². The first kappa shape index (κ1) is 19.2. The number of fused-ring (bicyclic) bond motifs is 1. The van der Waals surface area contributed by atoms with E-state index in [1.54, 1.807) is 7.11 Å². The molecule has 150 valence electrons. The Morgan fingerprint density at radius 1 is 1.07 bits per heavy atom.